The highest BCUT2D eigenvalue weighted by Crippen LogP contribution is 2.20. The van der Waals surface area contributed by atoms with Gasteiger partial charge in [-0.2, -0.15) is 4.98 Å². The van der Waals surface area contributed by atoms with Gasteiger partial charge in [0.2, 0.25) is 15.9 Å². The normalized spacial score (nSPS) is 15.3. The number of carbonyl (C=O) groups is 1. The molecule has 140 valence electrons. The number of aryl methyl sites for hydroxylation is 1. The molecule has 1 heterocycles. The number of nitrogens with zero attached hydrogens (tertiary/aromatic N) is 2. The van der Waals surface area contributed by atoms with Gasteiger partial charge in [0.25, 0.3) is 5.91 Å². The van der Waals surface area contributed by atoms with E-state index in [9.17, 15) is 13.2 Å². The Balaban J connectivity index is 1.61. The first-order chi connectivity index (χ1) is 12.4. The van der Waals surface area contributed by atoms with Gasteiger partial charge in [-0.15, -0.1) is 0 Å². The van der Waals surface area contributed by atoms with Gasteiger partial charge in [0.15, 0.2) is 5.82 Å². The van der Waals surface area contributed by atoms with E-state index in [0.29, 0.717) is 30.2 Å². The number of sulfonamides is 1. The molecule has 0 bridgehead atoms. The monoisotopic (exact) mass is 378 g/mol. The summed E-state index contributed by atoms with van der Waals surface area (Å²) in [6, 6.07) is 6.02. The molecule has 0 saturated heterocycles. The minimum Gasteiger partial charge on any atom is -0.352 e. The zero-order chi connectivity index (χ0) is 18.6. The van der Waals surface area contributed by atoms with Crippen LogP contribution in [-0.4, -0.2) is 37.1 Å². The third kappa shape index (κ3) is 4.67. The molecule has 26 heavy (non-hydrogen) atoms. The van der Waals surface area contributed by atoms with Crippen molar-refractivity contribution < 1.29 is 17.7 Å². The first-order valence-electron chi connectivity index (χ1n) is 8.64. The first-order valence-corrected chi connectivity index (χ1v) is 10.1. The minimum absolute atomic E-state index is 0.0182. The van der Waals surface area contributed by atoms with E-state index in [1.54, 1.807) is 19.1 Å². The van der Waals surface area contributed by atoms with Crippen molar-refractivity contribution in [1.29, 1.82) is 0 Å². The Morgan fingerprint density at radius 1 is 1.31 bits per heavy atom. The maximum Gasteiger partial charge on any atom is 0.251 e. The van der Waals surface area contributed by atoms with Gasteiger partial charge in [0.05, 0.1) is 4.90 Å². The van der Waals surface area contributed by atoms with E-state index in [0.717, 1.165) is 25.7 Å². The molecule has 1 amide bonds. The van der Waals surface area contributed by atoms with E-state index in [4.69, 9.17) is 4.52 Å². The first kappa shape index (κ1) is 18.5. The van der Waals surface area contributed by atoms with Crippen LogP contribution < -0.4 is 10.0 Å². The molecular formula is C17H22N4O4S. The van der Waals surface area contributed by atoms with Crippen molar-refractivity contribution >= 4 is 15.9 Å². The van der Waals surface area contributed by atoms with Crippen LogP contribution in [0.4, 0.5) is 0 Å². The molecule has 2 aromatic rings. The maximum atomic E-state index is 12.5. The number of nitrogens with one attached hydrogen (secondary N) is 2. The van der Waals surface area contributed by atoms with Crippen molar-refractivity contribution in [3.63, 3.8) is 0 Å². The fraction of sp³-hybridized carbons (Fsp3) is 0.471. The van der Waals surface area contributed by atoms with Crippen LogP contribution >= 0.6 is 0 Å². The quantitative estimate of drug-likeness (QED) is 0.756. The Bertz CT molecular complexity index is 872. The molecule has 1 aliphatic rings. The number of benzene rings is 1. The summed E-state index contributed by atoms with van der Waals surface area (Å²) in [5.41, 5.74) is 0.293. The van der Waals surface area contributed by atoms with Gasteiger partial charge in [-0.3, -0.25) is 4.79 Å². The van der Waals surface area contributed by atoms with E-state index in [-0.39, 0.29) is 16.8 Å². The highest BCUT2D eigenvalue weighted by Gasteiger charge is 2.23. The van der Waals surface area contributed by atoms with Crippen molar-refractivity contribution in [2.45, 2.75) is 50.0 Å². The summed E-state index contributed by atoms with van der Waals surface area (Å²) in [6.07, 6.45) is 4.20. The number of hydrogen-bond donors (Lipinski definition) is 2. The Hall–Kier alpha value is -2.26. The second kappa shape index (κ2) is 7.96. The standard InChI is InChI=1S/C17H22N4O4S/c1-12-19-16(25-20-12)9-10-18-17(22)13-5-4-8-15(11-13)26(23,24)21-14-6-2-3-7-14/h4-5,8,11,14,21H,2-3,6-7,9-10H2,1H3,(H,18,22). The summed E-state index contributed by atoms with van der Waals surface area (Å²) < 4.78 is 32.7. The van der Waals surface area contributed by atoms with Crippen molar-refractivity contribution in [3.05, 3.63) is 41.5 Å². The second-order valence-corrected chi connectivity index (χ2v) is 8.09. The Kier molecular flexibility index (Phi) is 5.67. The molecule has 0 aliphatic heterocycles. The van der Waals surface area contributed by atoms with Crippen molar-refractivity contribution in [2.24, 2.45) is 0 Å². The lowest BCUT2D eigenvalue weighted by Gasteiger charge is -2.13. The molecule has 1 fully saturated rings. The Morgan fingerprint density at radius 3 is 2.77 bits per heavy atom. The van der Waals surface area contributed by atoms with Crippen molar-refractivity contribution in [1.82, 2.24) is 20.2 Å². The summed E-state index contributed by atoms with van der Waals surface area (Å²) in [6.45, 7) is 2.04. The summed E-state index contributed by atoms with van der Waals surface area (Å²) >= 11 is 0. The van der Waals surface area contributed by atoms with Gasteiger partial charge >= 0.3 is 0 Å². The number of amides is 1. The van der Waals surface area contributed by atoms with E-state index < -0.39 is 10.0 Å². The highest BCUT2D eigenvalue weighted by atomic mass is 32.2. The maximum absolute atomic E-state index is 12.5. The van der Waals surface area contributed by atoms with Gasteiger partial charge in [0.1, 0.15) is 0 Å². The van der Waals surface area contributed by atoms with Crippen molar-refractivity contribution in [3.8, 4) is 0 Å². The third-order valence-electron chi connectivity index (χ3n) is 4.28. The van der Waals surface area contributed by atoms with Crippen molar-refractivity contribution in [2.75, 3.05) is 6.54 Å². The molecule has 2 N–H and O–H groups in total. The highest BCUT2D eigenvalue weighted by molar-refractivity contribution is 7.89. The largest absolute Gasteiger partial charge is 0.352 e. The molecule has 0 atom stereocenters. The van der Waals surface area contributed by atoms with Gasteiger partial charge < -0.3 is 9.84 Å². The van der Waals surface area contributed by atoms with Crippen LogP contribution in [0, 0.1) is 6.92 Å². The zero-order valence-electron chi connectivity index (χ0n) is 14.6. The summed E-state index contributed by atoms with van der Waals surface area (Å²) in [5, 5.41) is 6.41. The van der Waals surface area contributed by atoms with E-state index >= 15 is 0 Å². The lowest BCUT2D eigenvalue weighted by atomic mass is 10.2. The van der Waals surface area contributed by atoms with Gasteiger partial charge in [0, 0.05) is 24.6 Å². The summed E-state index contributed by atoms with van der Waals surface area (Å²) in [4.78, 5) is 16.4. The number of hydrogen-bond acceptors (Lipinski definition) is 6. The van der Waals surface area contributed by atoms with Crippen LogP contribution in [0.1, 0.15) is 47.8 Å². The molecule has 1 aromatic heterocycles. The molecule has 1 aromatic carbocycles. The topological polar surface area (TPSA) is 114 Å². The summed E-state index contributed by atoms with van der Waals surface area (Å²) in [7, 11) is -3.62. The number of rotatable bonds is 7. The average Bonchev–Trinajstić information content (AvgIpc) is 3.26. The number of carbonyl (C=O) groups excluding carboxylic acids is 1. The molecule has 3 rings (SSSR count). The van der Waals surface area contributed by atoms with Crippen LogP contribution in [0.25, 0.3) is 0 Å². The van der Waals surface area contributed by atoms with Gasteiger partial charge in [-0.05, 0) is 38.0 Å². The molecule has 0 unspecified atom stereocenters. The Morgan fingerprint density at radius 2 is 2.08 bits per heavy atom. The van der Waals surface area contributed by atoms with Crippen LogP contribution in [0.3, 0.4) is 0 Å². The Labute approximate surface area is 152 Å². The SMILES string of the molecule is Cc1noc(CCNC(=O)c2cccc(S(=O)(=O)NC3CCCC3)c2)n1. The van der Waals surface area contributed by atoms with E-state index in [1.807, 2.05) is 0 Å². The molecule has 9 heteroatoms. The molecule has 1 saturated carbocycles. The fourth-order valence-corrected chi connectivity index (χ4v) is 4.31. The second-order valence-electron chi connectivity index (χ2n) is 6.37. The van der Waals surface area contributed by atoms with E-state index in [1.165, 1.54) is 12.1 Å². The lowest BCUT2D eigenvalue weighted by molar-refractivity contribution is 0.0953. The lowest BCUT2D eigenvalue weighted by Crippen LogP contribution is -2.33. The minimum atomic E-state index is -3.62. The van der Waals surface area contributed by atoms with Gasteiger partial charge in [-0.25, -0.2) is 13.1 Å². The van der Waals surface area contributed by atoms with Crippen LogP contribution in [-0.2, 0) is 16.4 Å². The average molecular weight is 378 g/mol. The molecule has 8 nitrogen and oxygen atoms in total. The van der Waals surface area contributed by atoms with E-state index in [2.05, 4.69) is 20.2 Å². The predicted molar refractivity (Wildman–Crippen MR) is 94.1 cm³/mol. The molecular weight excluding hydrogens is 356 g/mol. The molecule has 0 spiro atoms. The summed E-state index contributed by atoms with van der Waals surface area (Å²) in [5.74, 6) is 0.637. The molecule has 1 aliphatic carbocycles. The van der Waals surface area contributed by atoms with Crippen LogP contribution in [0.2, 0.25) is 0 Å². The molecule has 0 radical (unpaired) electrons. The third-order valence-corrected chi connectivity index (χ3v) is 5.80. The smallest absolute Gasteiger partial charge is 0.251 e. The zero-order valence-corrected chi connectivity index (χ0v) is 15.4. The van der Waals surface area contributed by atoms with Gasteiger partial charge in [-0.1, -0.05) is 24.1 Å². The predicted octanol–water partition coefficient (Wildman–Crippen LogP) is 1.57. The van der Waals surface area contributed by atoms with Crippen LogP contribution in [0.5, 0.6) is 0 Å². The fourth-order valence-electron chi connectivity index (χ4n) is 2.96. The van der Waals surface area contributed by atoms with Crippen LogP contribution in [0.15, 0.2) is 33.7 Å². The number of aromatic nitrogens is 2.